The van der Waals surface area contributed by atoms with Crippen molar-refractivity contribution in [2.45, 2.75) is 19.8 Å². The van der Waals surface area contributed by atoms with E-state index in [4.69, 9.17) is 16.3 Å². The number of benzene rings is 1. The molecule has 0 radical (unpaired) electrons. The van der Waals surface area contributed by atoms with Gasteiger partial charge in [0, 0.05) is 17.9 Å². The summed E-state index contributed by atoms with van der Waals surface area (Å²) in [6, 6.07) is 3.36. The lowest BCUT2D eigenvalue weighted by atomic mass is 10.1. The molecule has 7 heteroatoms. The Morgan fingerprint density at radius 2 is 2.20 bits per heavy atom. The second-order valence-corrected chi connectivity index (χ2v) is 4.76. The summed E-state index contributed by atoms with van der Waals surface area (Å²) in [4.78, 5) is 23.0. The molecule has 2 rings (SSSR count). The molecule has 0 spiro atoms. The lowest BCUT2D eigenvalue weighted by Crippen LogP contribution is -2.32. The summed E-state index contributed by atoms with van der Waals surface area (Å²) in [6.45, 7) is 1.84. The minimum absolute atomic E-state index is 0.197. The lowest BCUT2D eigenvalue weighted by Gasteiger charge is -2.14. The molecule has 6 nitrogen and oxygen atoms in total. The second kappa shape index (κ2) is 5.92. The first-order valence-corrected chi connectivity index (χ1v) is 6.40. The summed E-state index contributed by atoms with van der Waals surface area (Å²) in [7, 11) is 1.51. The number of hydrogen-bond acceptors (Lipinski definition) is 4. The molecular formula is C13H14ClN3O3. The van der Waals surface area contributed by atoms with Crippen LogP contribution in [0.5, 0.6) is 5.75 Å². The zero-order valence-electron chi connectivity index (χ0n) is 11.1. The monoisotopic (exact) mass is 295 g/mol. The first-order chi connectivity index (χ1) is 9.51. The Morgan fingerprint density at radius 1 is 1.45 bits per heavy atom. The first kappa shape index (κ1) is 14.3. The number of amides is 2. The minimum Gasteiger partial charge on any atom is -0.495 e. The van der Waals surface area contributed by atoms with E-state index < -0.39 is 0 Å². The van der Waals surface area contributed by atoms with Crippen LogP contribution >= 0.6 is 11.6 Å². The number of nitrogens with zero attached hydrogens (tertiary/aromatic N) is 1. The van der Waals surface area contributed by atoms with Gasteiger partial charge < -0.3 is 10.1 Å². The molecular weight excluding hydrogens is 282 g/mol. The Morgan fingerprint density at radius 3 is 2.80 bits per heavy atom. The van der Waals surface area contributed by atoms with Crippen LogP contribution in [0.15, 0.2) is 17.2 Å². The van der Waals surface area contributed by atoms with Crippen molar-refractivity contribution in [3.8, 4) is 5.75 Å². The summed E-state index contributed by atoms with van der Waals surface area (Å²) in [5.74, 6) is -0.0681. The summed E-state index contributed by atoms with van der Waals surface area (Å²) in [5, 5.41) is 6.94. The highest BCUT2D eigenvalue weighted by atomic mass is 35.5. The van der Waals surface area contributed by atoms with Gasteiger partial charge >= 0.3 is 0 Å². The van der Waals surface area contributed by atoms with E-state index in [1.54, 1.807) is 12.1 Å². The van der Waals surface area contributed by atoms with Crippen LogP contribution in [-0.2, 0) is 9.59 Å². The molecule has 106 valence electrons. The predicted octanol–water partition coefficient (Wildman–Crippen LogP) is 1.86. The third-order valence-electron chi connectivity index (χ3n) is 2.90. The topological polar surface area (TPSA) is 79.8 Å². The molecule has 0 saturated heterocycles. The number of carbonyl (C=O) groups excluding carboxylic acids is 2. The molecule has 2 amide bonds. The van der Waals surface area contributed by atoms with Crippen LogP contribution in [0.1, 0.15) is 18.4 Å². The van der Waals surface area contributed by atoms with Gasteiger partial charge in [0.1, 0.15) is 11.5 Å². The number of ether oxygens (including phenoxy) is 1. The van der Waals surface area contributed by atoms with E-state index in [1.165, 1.54) is 7.11 Å². The van der Waals surface area contributed by atoms with E-state index in [0.29, 0.717) is 22.9 Å². The average Bonchev–Trinajstić information content (AvgIpc) is 2.43. The molecule has 1 aromatic rings. The number of rotatable bonds is 3. The summed E-state index contributed by atoms with van der Waals surface area (Å²) in [6.07, 6.45) is 0.553. The highest BCUT2D eigenvalue weighted by Crippen LogP contribution is 2.30. The predicted molar refractivity (Wildman–Crippen MR) is 76.2 cm³/mol. The molecule has 0 aliphatic carbocycles. The Bertz CT molecular complexity index is 599. The van der Waals surface area contributed by atoms with Crippen LogP contribution in [0.4, 0.5) is 5.69 Å². The third kappa shape index (κ3) is 3.08. The van der Waals surface area contributed by atoms with E-state index >= 15 is 0 Å². The van der Waals surface area contributed by atoms with E-state index in [2.05, 4.69) is 15.8 Å². The second-order valence-electron chi connectivity index (χ2n) is 4.35. The summed E-state index contributed by atoms with van der Waals surface area (Å²) < 4.78 is 5.20. The number of nitrogens with one attached hydrogen (secondary N) is 2. The van der Waals surface area contributed by atoms with Gasteiger partial charge in [-0.05, 0) is 24.6 Å². The zero-order valence-corrected chi connectivity index (χ0v) is 11.9. The minimum atomic E-state index is -0.386. The Balaban J connectivity index is 2.19. The summed E-state index contributed by atoms with van der Waals surface area (Å²) in [5.41, 5.74) is 3.86. The fourth-order valence-corrected chi connectivity index (χ4v) is 1.92. The number of anilines is 1. The van der Waals surface area contributed by atoms with Crippen LogP contribution in [-0.4, -0.2) is 24.6 Å². The number of carbonyl (C=O) groups is 2. The van der Waals surface area contributed by atoms with Gasteiger partial charge in [0.25, 0.3) is 5.91 Å². The summed E-state index contributed by atoms with van der Waals surface area (Å²) >= 11 is 6.04. The van der Waals surface area contributed by atoms with Crippen LogP contribution in [0.25, 0.3) is 0 Å². The van der Waals surface area contributed by atoms with E-state index in [9.17, 15) is 9.59 Å². The molecule has 20 heavy (non-hydrogen) atoms. The van der Waals surface area contributed by atoms with Gasteiger partial charge in [0.15, 0.2) is 0 Å². The number of methoxy groups -OCH3 is 1. The molecule has 0 atom stereocenters. The first-order valence-electron chi connectivity index (χ1n) is 6.02. The molecule has 1 aliphatic heterocycles. The van der Waals surface area contributed by atoms with Crippen molar-refractivity contribution >= 4 is 34.8 Å². The van der Waals surface area contributed by atoms with Crippen molar-refractivity contribution in [2.24, 2.45) is 5.10 Å². The Labute approximate surface area is 121 Å². The number of halogens is 1. The van der Waals surface area contributed by atoms with Crippen LogP contribution in [0.3, 0.4) is 0 Å². The van der Waals surface area contributed by atoms with Crippen LogP contribution < -0.4 is 15.5 Å². The molecule has 0 aromatic heterocycles. The van der Waals surface area contributed by atoms with Crippen molar-refractivity contribution in [1.82, 2.24) is 5.43 Å². The fraction of sp³-hybridized carbons (Fsp3) is 0.308. The number of hydrazone groups is 1. The number of hydrogen-bond donors (Lipinski definition) is 2. The lowest BCUT2D eigenvalue weighted by molar-refractivity contribution is -0.121. The fourth-order valence-electron chi connectivity index (χ4n) is 1.75. The van der Waals surface area contributed by atoms with Gasteiger partial charge in [0.05, 0.1) is 12.8 Å². The SMILES string of the molecule is COc1cc(C)c(Cl)cc1NC(=O)C1=NNC(=O)CC1. The largest absolute Gasteiger partial charge is 0.495 e. The Hall–Kier alpha value is -2.08. The van der Waals surface area contributed by atoms with Crippen LogP contribution in [0.2, 0.25) is 5.02 Å². The maximum Gasteiger partial charge on any atom is 0.271 e. The molecule has 1 aromatic carbocycles. The molecule has 1 heterocycles. The van der Waals surface area contributed by atoms with Crippen LogP contribution in [0, 0.1) is 6.92 Å². The van der Waals surface area contributed by atoms with Crippen molar-refractivity contribution in [2.75, 3.05) is 12.4 Å². The Kier molecular flexibility index (Phi) is 4.24. The molecule has 0 saturated carbocycles. The molecule has 0 unspecified atom stereocenters. The van der Waals surface area contributed by atoms with Gasteiger partial charge in [0.2, 0.25) is 5.91 Å². The maximum absolute atomic E-state index is 12.0. The highest BCUT2D eigenvalue weighted by molar-refractivity contribution is 6.43. The molecule has 0 fully saturated rings. The zero-order chi connectivity index (χ0) is 14.7. The van der Waals surface area contributed by atoms with E-state index in [-0.39, 0.29) is 23.9 Å². The normalized spacial score (nSPS) is 14.3. The molecule has 2 N–H and O–H groups in total. The standard InChI is InChI=1S/C13H14ClN3O3/c1-7-5-11(20-2)10(6-8(7)14)15-13(19)9-3-4-12(18)17-16-9/h5-6H,3-4H2,1-2H3,(H,15,19)(H,17,18). The van der Waals surface area contributed by atoms with Gasteiger partial charge in [-0.2, -0.15) is 5.10 Å². The number of aryl methyl sites for hydroxylation is 1. The molecule has 0 bridgehead atoms. The highest BCUT2D eigenvalue weighted by Gasteiger charge is 2.19. The third-order valence-corrected chi connectivity index (χ3v) is 3.30. The van der Waals surface area contributed by atoms with Crippen molar-refractivity contribution < 1.29 is 14.3 Å². The molecule has 1 aliphatic rings. The van der Waals surface area contributed by atoms with Crippen molar-refractivity contribution in [3.05, 3.63) is 22.7 Å². The maximum atomic E-state index is 12.0. The van der Waals surface area contributed by atoms with Gasteiger partial charge in [-0.15, -0.1) is 0 Å². The average molecular weight is 296 g/mol. The smallest absolute Gasteiger partial charge is 0.271 e. The van der Waals surface area contributed by atoms with Gasteiger partial charge in [-0.1, -0.05) is 11.6 Å². The van der Waals surface area contributed by atoms with Crippen molar-refractivity contribution in [3.63, 3.8) is 0 Å². The van der Waals surface area contributed by atoms with Gasteiger partial charge in [-0.3, -0.25) is 9.59 Å². The van der Waals surface area contributed by atoms with E-state index in [0.717, 1.165) is 5.56 Å². The van der Waals surface area contributed by atoms with E-state index in [1.807, 2.05) is 6.92 Å². The van der Waals surface area contributed by atoms with Gasteiger partial charge in [-0.25, -0.2) is 5.43 Å². The van der Waals surface area contributed by atoms with Crippen molar-refractivity contribution in [1.29, 1.82) is 0 Å². The quantitative estimate of drug-likeness (QED) is 0.893.